The number of hydrogen-bond acceptors (Lipinski definition) is 2. The minimum absolute atomic E-state index is 0.0694. The number of nitriles is 1. The van der Waals surface area contributed by atoms with Crippen LogP contribution in [0.25, 0.3) is 0 Å². The first-order chi connectivity index (χ1) is 2.77. The fourth-order valence-electron chi connectivity index (χ4n) is 0.0791. The van der Waals surface area contributed by atoms with E-state index in [1.165, 1.54) is 0 Å². The van der Waals surface area contributed by atoms with Crippen LogP contribution in [0.2, 0.25) is 0 Å². The first-order valence-corrected chi connectivity index (χ1v) is 1.43. The van der Waals surface area contributed by atoms with Crippen LogP contribution in [0.5, 0.6) is 0 Å². The summed E-state index contributed by atoms with van der Waals surface area (Å²) in [5.41, 5.74) is 6.34. The van der Waals surface area contributed by atoms with Gasteiger partial charge < -0.3 is 0 Å². The summed E-state index contributed by atoms with van der Waals surface area (Å²) in [6.07, 6.45) is -0.0694. The van der Waals surface area contributed by atoms with Gasteiger partial charge in [0.1, 0.15) is 5.84 Å². The number of nitrogens with zero attached hydrogens (tertiary/aromatic N) is 1. The number of rotatable bonds is 1. The largest absolute Gasteiger partial charge is 0.286 e. The molecular weight excluding hydrogens is 78.1 g/mol. The molecule has 3 heteroatoms. The average molecular weight is 82.1 g/mol. The van der Waals surface area contributed by atoms with Crippen molar-refractivity contribution in [2.24, 2.45) is 0 Å². The molecule has 0 fully saturated rings. The van der Waals surface area contributed by atoms with Crippen LogP contribution in [0.4, 0.5) is 0 Å². The highest BCUT2D eigenvalue weighted by Crippen LogP contribution is 1.68. The van der Waals surface area contributed by atoms with Crippen molar-refractivity contribution < 1.29 is 0 Å². The predicted octanol–water partition coefficient (Wildman–Crippen LogP) is 0.160. The van der Waals surface area contributed by atoms with E-state index in [2.05, 4.69) is 0 Å². The Balaban J connectivity index is 3.13. The van der Waals surface area contributed by atoms with Gasteiger partial charge in [-0.2, -0.15) is 5.26 Å². The summed E-state index contributed by atoms with van der Waals surface area (Å²) in [6, 6.07) is 1.66. The van der Waals surface area contributed by atoms with E-state index in [0.717, 1.165) is 0 Å². The summed E-state index contributed by atoms with van der Waals surface area (Å²) in [6.45, 7) is 0. The number of hydrogen-bond donors (Lipinski definition) is 1. The molecule has 0 spiro atoms. The van der Waals surface area contributed by atoms with Gasteiger partial charge in [-0.1, -0.05) is 0 Å². The third-order valence-corrected chi connectivity index (χ3v) is 0.256. The van der Waals surface area contributed by atoms with E-state index >= 15 is 0 Å². The van der Waals surface area contributed by atoms with Crippen molar-refractivity contribution in [2.75, 3.05) is 0 Å². The lowest BCUT2D eigenvalue weighted by atomic mass is 10.5. The van der Waals surface area contributed by atoms with Gasteiger partial charge in [0.25, 0.3) is 0 Å². The molecule has 0 aliphatic heterocycles. The standard InChI is InChI=1S/C3H4N3/c4-2-1-3(5)6/h5-6H,1H2. The minimum Gasteiger partial charge on any atom is -0.286 e. The monoisotopic (exact) mass is 82.0 g/mol. The van der Waals surface area contributed by atoms with Crippen LogP contribution in [0, 0.1) is 16.7 Å². The van der Waals surface area contributed by atoms with E-state index in [9.17, 15) is 0 Å². The van der Waals surface area contributed by atoms with E-state index in [1.807, 2.05) is 0 Å². The Morgan fingerprint density at radius 3 is 2.33 bits per heavy atom. The molecule has 3 nitrogen and oxygen atoms in total. The zero-order chi connectivity index (χ0) is 4.99. The molecule has 2 N–H and O–H groups in total. The molecule has 0 aromatic rings. The minimum atomic E-state index is -0.322. The van der Waals surface area contributed by atoms with Gasteiger partial charge in [0.15, 0.2) is 0 Å². The third kappa shape index (κ3) is 2.96. The van der Waals surface area contributed by atoms with Crippen molar-refractivity contribution in [3.8, 4) is 6.07 Å². The Bertz CT molecular complexity index is 88.7. The quantitative estimate of drug-likeness (QED) is 0.355. The maximum Gasteiger partial charge on any atom is 0.126 e. The SMILES string of the molecule is N#CCC([NH])=N. The van der Waals surface area contributed by atoms with Crippen molar-refractivity contribution in [3.05, 3.63) is 0 Å². The lowest BCUT2D eigenvalue weighted by Crippen LogP contribution is -1.91. The maximum absolute atomic E-state index is 7.73. The van der Waals surface area contributed by atoms with Gasteiger partial charge in [-0.15, -0.1) is 0 Å². The van der Waals surface area contributed by atoms with Gasteiger partial charge in [-0.25, -0.2) is 0 Å². The molecule has 31 valence electrons. The second-order valence-electron chi connectivity index (χ2n) is 0.813. The second-order valence-corrected chi connectivity index (χ2v) is 0.813. The Kier molecular flexibility index (Phi) is 1.83. The van der Waals surface area contributed by atoms with Crippen LogP contribution in [0.1, 0.15) is 6.42 Å². The van der Waals surface area contributed by atoms with Crippen LogP contribution in [0.3, 0.4) is 0 Å². The van der Waals surface area contributed by atoms with Crippen molar-refractivity contribution in [3.63, 3.8) is 0 Å². The van der Waals surface area contributed by atoms with E-state index < -0.39 is 0 Å². The van der Waals surface area contributed by atoms with Crippen LogP contribution in [0.15, 0.2) is 0 Å². The highest BCUT2D eigenvalue weighted by atomic mass is 14.7. The first kappa shape index (κ1) is 4.96. The summed E-state index contributed by atoms with van der Waals surface area (Å²) >= 11 is 0. The second kappa shape index (κ2) is 2.21. The van der Waals surface area contributed by atoms with Gasteiger partial charge in [0.2, 0.25) is 0 Å². The number of nitrogens with one attached hydrogen (secondary N) is 2. The van der Waals surface area contributed by atoms with Gasteiger partial charge in [0, 0.05) is 0 Å². The van der Waals surface area contributed by atoms with Gasteiger partial charge in [0.05, 0.1) is 12.5 Å². The molecular formula is C3H4N3. The van der Waals surface area contributed by atoms with Crippen molar-refractivity contribution in [2.45, 2.75) is 6.42 Å². The lowest BCUT2D eigenvalue weighted by molar-refractivity contribution is 1.29. The topological polar surface area (TPSA) is 71.4 Å². The van der Waals surface area contributed by atoms with E-state index in [1.54, 1.807) is 6.07 Å². The number of amidine groups is 1. The van der Waals surface area contributed by atoms with Crippen molar-refractivity contribution >= 4 is 5.84 Å². The fourth-order valence-corrected chi connectivity index (χ4v) is 0.0791. The van der Waals surface area contributed by atoms with Crippen LogP contribution < -0.4 is 5.73 Å². The highest BCUT2D eigenvalue weighted by molar-refractivity contribution is 5.78. The average Bonchev–Trinajstić information content (AvgIpc) is 1.35. The van der Waals surface area contributed by atoms with E-state index in [4.69, 9.17) is 16.4 Å². The van der Waals surface area contributed by atoms with Crippen LogP contribution in [-0.4, -0.2) is 5.84 Å². The Morgan fingerprint density at radius 2 is 2.33 bits per heavy atom. The lowest BCUT2D eigenvalue weighted by Gasteiger charge is -1.74. The summed E-state index contributed by atoms with van der Waals surface area (Å²) in [4.78, 5) is 0. The highest BCUT2D eigenvalue weighted by Gasteiger charge is 1.80. The van der Waals surface area contributed by atoms with Crippen molar-refractivity contribution in [1.29, 1.82) is 10.7 Å². The molecule has 0 bridgehead atoms. The summed E-state index contributed by atoms with van der Waals surface area (Å²) in [7, 11) is 0. The molecule has 0 aromatic carbocycles. The van der Waals surface area contributed by atoms with Crippen LogP contribution in [-0.2, 0) is 0 Å². The van der Waals surface area contributed by atoms with E-state index in [0.29, 0.717) is 0 Å². The zero-order valence-corrected chi connectivity index (χ0v) is 3.15. The van der Waals surface area contributed by atoms with Gasteiger partial charge in [-0.05, 0) is 0 Å². The molecule has 0 aliphatic rings. The molecule has 0 rings (SSSR count). The zero-order valence-electron chi connectivity index (χ0n) is 3.15. The van der Waals surface area contributed by atoms with Gasteiger partial charge in [-0.3, -0.25) is 11.1 Å². The summed E-state index contributed by atoms with van der Waals surface area (Å²) in [5.74, 6) is -0.322. The molecule has 0 unspecified atom stereocenters. The summed E-state index contributed by atoms with van der Waals surface area (Å²) in [5, 5.41) is 14.1. The first-order valence-electron chi connectivity index (χ1n) is 1.43. The molecule has 0 heterocycles. The molecule has 0 atom stereocenters. The molecule has 0 saturated carbocycles. The Labute approximate surface area is 35.9 Å². The Hall–Kier alpha value is -1.04. The molecule has 0 aliphatic carbocycles. The van der Waals surface area contributed by atoms with Crippen LogP contribution >= 0.6 is 0 Å². The fraction of sp³-hybridized carbons (Fsp3) is 0.333. The molecule has 6 heavy (non-hydrogen) atoms. The molecule has 1 radical (unpaired) electrons. The summed E-state index contributed by atoms with van der Waals surface area (Å²) < 4.78 is 0. The smallest absolute Gasteiger partial charge is 0.126 e. The molecule has 0 saturated heterocycles. The normalized spacial score (nSPS) is 6.50. The van der Waals surface area contributed by atoms with Crippen molar-refractivity contribution in [1.82, 2.24) is 5.73 Å². The Morgan fingerprint density at radius 1 is 1.83 bits per heavy atom. The maximum atomic E-state index is 7.73. The third-order valence-electron chi connectivity index (χ3n) is 0.256. The predicted molar refractivity (Wildman–Crippen MR) is 21.1 cm³/mol. The van der Waals surface area contributed by atoms with Gasteiger partial charge >= 0.3 is 0 Å². The molecule has 0 aromatic heterocycles. The van der Waals surface area contributed by atoms with E-state index in [-0.39, 0.29) is 12.3 Å². The molecule has 0 amide bonds.